The second-order valence-electron chi connectivity index (χ2n) is 4.85. The first-order valence-corrected chi connectivity index (χ1v) is 5.80. The summed E-state index contributed by atoms with van der Waals surface area (Å²) in [6.07, 6.45) is -0.905. The van der Waals surface area contributed by atoms with Gasteiger partial charge in [-0.3, -0.25) is 4.79 Å². The Morgan fingerprint density at radius 3 is 2.56 bits per heavy atom. The van der Waals surface area contributed by atoms with Crippen LogP contribution in [0.4, 0.5) is 4.79 Å². The SMILES string of the molecule is COC(=O)NC(C(=O)N1CCCC1[O-])C(C)(C)O. The molecule has 0 aliphatic carbocycles. The molecule has 0 aromatic rings. The van der Waals surface area contributed by atoms with Crippen LogP contribution in [0.1, 0.15) is 26.7 Å². The normalized spacial score (nSPS) is 21.6. The summed E-state index contributed by atoms with van der Waals surface area (Å²) in [5, 5.41) is 23.7. The minimum Gasteiger partial charge on any atom is -0.836 e. The molecule has 2 N–H and O–H groups in total. The van der Waals surface area contributed by atoms with Gasteiger partial charge >= 0.3 is 6.09 Å². The van der Waals surface area contributed by atoms with Crippen LogP contribution < -0.4 is 10.4 Å². The molecular weight excluding hydrogens is 240 g/mol. The van der Waals surface area contributed by atoms with Gasteiger partial charge in [0.05, 0.1) is 12.7 Å². The summed E-state index contributed by atoms with van der Waals surface area (Å²) in [6, 6.07) is -1.19. The van der Waals surface area contributed by atoms with E-state index in [9.17, 15) is 19.8 Å². The summed E-state index contributed by atoms with van der Waals surface area (Å²) in [5.74, 6) is -0.578. The lowest BCUT2D eigenvalue weighted by molar-refractivity contribution is -0.445. The average molecular weight is 259 g/mol. The Balaban J connectivity index is 2.82. The van der Waals surface area contributed by atoms with Crippen LogP contribution in [0, 0.1) is 0 Å². The fourth-order valence-corrected chi connectivity index (χ4v) is 1.87. The molecule has 1 saturated heterocycles. The molecule has 0 spiro atoms. The molecule has 1 heterocycles. The summed E-state index contributed by atoms with van der Waals surface area (Å²) < 4.78 is 4.41. The standard InChI is InChI=1S/C11H19N2O5/c1-11(2,17)8(12-10(16)18-3)9(15)13-6-4-5-7(13)14/h7-8,17H,4-6H2,1-3H3,(H,12,16)/q-1. The number of carbonyl (C=O) groups is 2. The summed E-state index contributed by atoms with van der Waals surface area (Å²) in [5.41, 5.74) is -1.48. The van der Waals surface area contributed by atoms with Crippen LogP contribution >= 0.6 is 0 Å². The third-order valence-corrected chi connectivity index (χ3v) is 2.88. The molecule has 2 amide bonds. The number of amides is 2. The van der Waals surface area contributed by atoms with Gasteiger partial charge in [-0.15, -0.1) is 0 Å². The number of alkyl carbamates (subject to hydrolysis) is 1. The van der Waals surface area contributed by atoms with Crippen molar-refractivity contribution in [3.63, 3.8) is 0 Å². The van der Waals surface area contributed by atoms with E-state index < -0.39 is 29.9 Å². The third-order valence-electron chi connectivity index (χ3n) is 2.88. The Bertz CT molecular complexity index is 326. The smallest absolute Gasteiger partial charge is 0.407 e. The summed E-state index contributed by atoms with van der Waals surface area (Å²) in [6.45, 7) is 3.13. The molecule has 1 fully saturated rings. The van der Waals surface area contributed by atoms with Gasteiger partial charge in [0.1, 0.15) is 6.04 Å². The van der Waals surface area contributed by atoms with Crippen molar-refractivity contribution in [2.24, 2.45) is 0 Å². The van der Waals surface area contributed by atoms with Gasteiger partial charge in [-0.25, -0.2) is 4.79 Å². The van der Waals surface area contributed by atoms with Crippen LogP contribution in [0.25, 0.3) is 0 Å². The Hall–Kier alpha value is -1.34. The quantitative estimate of drug-likeness (QED) is 0.662. The molecule has 0 aromatic heterocycles. The Morgan fingerprint density at radius 2 is 2.17 bits per heavy atom. The second-order valence-corrected chi connectivity index (χ2v) is 4.85. The molecular formula is C11H19N2O5-. The van der Waals surface area contributed by atoms with E-state index in [0.29, 0.717) is 19.4 Å². The molecule has 1 aliphatic rings. The van der Waals surface area contributed by atoms with Crippen LogP contribution in [0.3, 0.4) is 0 Å². The number of likely N-dealkylation sites (tertiary alicyclic amines) is 1. The number of hydrogen-bond acceptors (Lipinski definition) is 5. The zero-order valence-electron chi connectivity index (χ0n) is 10.8. The van der Waals surface area contributed by atoms with E-state index in [1.807, 2.05) is 0 Å². The monoisotopic (exact) mass is 259 g/mol. The van der Waals surface area contributed by atoms with E-state index in [0.717, 1.165) is 12.0 Å². The van der Waals surface area contributed by atoms with E-state index >= 15 is 0 Å². The molecule has 0 saturated carbocycles. The van der Waals surface area contributed by atoms with Crippen LogP contribution in [-0.4, -0.2) is 53.5 Å². The zero-order chi connectivity index (χ0) is 13.9. The van der Waals surface area contributed by atoms with E-state index in [1.165, 1.54) is 13.8 Å². The van der Waals surface area contributed by atoms with Gasteiger partial charge < -0.3 is 25.2 Å². The van der Waals surface area contributed by atoms with Crippen molar-refractivity contribution in [3.05, 3.63) is 0 Å². The highest BCUT2D eigenvalue weighted by Crippen LogP contribution is 2.18. The molecule has 0 bridgehead atoms. The molecule has 7 nitrogen and oxygen atoms in total. The summed E-state index contributed by atoms with van der Waals surface area (Å²) in [7, 11) is 1.16. The van der Waals surface area contributed by atoms with Crippen molar-refractivity contribution in [2.75, 3.05) is 13.7 Å². The van der Waals surface area contributed by atoms with Crippen molar-refractivity contribution >= 4 is 12.0 Å². The predicted octanol–water partition coefficient (Wildman–Crippen LogP) is -1.21. The Labute approximate surface area is 106 Å². The number of nitrogens with one attached hydrogen (secondary N) is 1. The highest BCUT2D eigenvalue weighted by molar-refractivity contribution is 5.87. The minimum absolute atomic E-state index is 0.350. The summed E-state index contributed by atoms with van der Waals surface area (Å²) >= 11 is 0. The number of ether oxygens (including phenoxy) is 1. The molecule has 104 valence electrons. The average Bonchev–Trinajstić information content (AvgIpc) is 2.69. The van der Waals surface area contributed by atoms with Gasteiger partial charge in [0.15, 0.2) is 0 Å². The Kier molecular flexibility index (Phi) is 4.53. The molecule has 2 atom stereocenters. The lowest BCUT2D eigenvalue weighted by Crippen LogP contribution is -2.60. The number of aliphatic hydroxyl groups is 1. The highest BCUT2D eigenvalue weighted by Gasteiger charge is 2.39. The topological polar surface area (TPSA) is 102 Å². The largest absolute Gasteiger partial charge is 0.836 e. The predicted molar refractivity (Wildman–Crippen MR) is 60.4 cm³/mol. The maximum atomic E-state index is 12.1. The molecule has 1 rings (SSSR count). The van der Waals surface area contributed by atoms with Gasteiger partial charge in [-0.2, -0.15) is 0 Å². The lowest BCUT2D eigenvalue weighted by Gasteiger charge is -2.36. The number of rotatable bonds is 3. The van der Waals surface area contributed by atoms with Gasteiger partial charge in [0.2, 0.25) is 5.91 Å². The maximum absolute atomic E-state index is 12.1. The molecule has 2 unspecified atom stereocenters. The molecule has 1 aliphatic heterocycles. The molecule has 0 radical (unpaired) electrons. The van der Waals surface area contributed by atoms with E-state index in [1.54, 1.807) is 0 Å². The second kappa shape index (κ2) is 5.53. The van der Waals surface area contributed by atoms with Crippen LogP contribution in [-0.2, 0) is 9.53 Å². The Morgan fingerprint density at radius 1 is 1.56 bits per heavy atom. The minimum atomic E-state index is -1.48. The number of carbonyl (C=O) groups excluding carboxylic acids is 2. The summed E-state index contributed by atoms with van der Waals surface area (Å²) in [4.78, 5) is 24.5. The molecule has 0 aromatic carbocycles. The van der Waals surface area contributed by atoms with Crippen molar-refractivity contribution in [3.8, 4) is 0 Å². The molecule has 7 heteroatoms. The highest BCUT2D eigenvalue weighted by atomic mass is 16.5. The number of nitrogens with zero attached hydrogens (tertiary/aromatic N) is 1. The van der Waals surface area contributed by atoms with Crippen LogP contribution in [0.5, 0.6) is 0 Å². The fourth-order valence-electron chi connectivity index (χ4n) is 1.87. The van der Waals surface area contributed by atoms with Crippen molar-refractivity contribution in [1.82, 2.24) is 10.2 Å². The van der Waals surface area contributed by atoms with E-state index in [4.69, 9.17) is 0 Å². The van der Waals surface area contributed by atoms with Gasteiger partial charge in [-0.05, 0) is 32.9 Å². The number of methoxy groups -OCH3 is 1. The third kappa shape index (κ3) is 3.33. The van der Waals surface area contributed by atoms with Gasteiger partial charge in [0, 0.05) is 6.54 Å². The van der Waals surface area contributed by atoms with E-state index in [-0.39, 0.29) is 0 Å². The van der Waals surface area contributed by atoms with E-state index in [2.05, 4.69) is 10.1 Å². The van der Waals surface area contributed by atoms with Crippen LogP contribution in [0.2, 0.25) is 0 Å². The van der Waals surface area contributed by atoms with Crippen molar-refractivity contribution in [2.45, 2.75) is 44.6 Å². The number of hydrogen-bond donors (Lipinski definition) is 2. The molecule has 18 heavy (non-hydrogen) atoms. The fraction of sp³-hybridized carbons (Fsp3) is 0.818. The van der Waals surface area contributed by atoms with Crippen molar-refractivity contribution < 1.29 is 24.5 Å². The maximum Gasteiger partial charge on any atom is 0.407 e. The van der Waals surface area contributed by atoms with Crippen LogP contribution in [0.15, 0.2) is 0 Å². The van der Waals surface area contributed by atoms with Crippen molar-refractivity contribution in [1.29, 1.82) is 0 Å². The van der Waals surface area contributed by atoms with Gasteiger partial charge in [0.25, 0.3) is 0 Å². The first kappa shape index (κ1) is 14.7. The zero-order valence-corrected chi connectivity index (χ0v) is 10.8. The first-order valence-electron chi connectivity index (χ1n) is 5.80. The van der Waals surface area contributed by atoms with Gasteiger partial charge in [-0.1, -0.05) is 0 Å². The first-order chi connectivity index (χ1) is 8.27. The lowest BCUT2D eigenvalue weighted by atomic mass is 9.97.